The fourth-order valence-corrected chi connectivity index (χ4v) is 2.01. The molecular formula is C12H19N5O. The maximum Gasteiger partial charge on any atom is 0.223 e. The summed E-state index contributed by atoms with van der Waals surface area (Å²) in [6, 6.07) is 0. The lowest BCUT2D eigenvalue weighted by atomic mass is 9.97. The average Bonchev–Trinajstić information content (AvgIpc) is 2.81. The molecule has 6 heteroatoms. The molecule has 0 unspecified atom stereocenters. The zero-order valence-corrected chi connectivity index (χ0v) is 10.3. The molecule has 1 amide bonds. The summed E-state index contributed by atoms with van der Waals surface area (Å²) in [4.78, 5) is 18.6. The molecule has 0 saturated carbocycles. The second-order valence-corrected chi connectivity index (χ2v) is 4.40. The fraction of sp³-hybridized carbons (Fsp3) is 0.500. The largest absolute Gasteiger partial charge is 0.369 e. The molecule has 0 spiro atoms. The van der Waals surface area contributed by atoms with E-state index < -0.39 is 0 Å². The standard InChI is InChI=1S/C12H19N5O/c13-12-16-8-10(17-12)2-1-5-15-11(18)9-3-6-14-7-4-9/h1-2,8-9,14H,3-7H2,(H,15,18)(H3,13,16,17)/b2-1+. The number of carbonyl (C=O) groups excluding carboxylic acids is 1. The predicted molar refractivity (Wildman–Crippen MR) is 70.6 cm³/mol. The second kappa shape index (κ2) is 6.20. The third-order valence-corrected chi connectivity index (χ3v) is 3.02. The average molecular weight is 249 g/mol. The summed E-state index contributed by atoms with van der Waals surface area (Å²) in [5, 5.41) is 6.15. The van der Waals surface area contributed by atoms with Crippen molar-refractivity contribution in [2.45, 2.75) is 12.8 Å². The molecule has 1 fully saturated rings. The van der Waals surface area contributed by atoms with Crippen molar-refractivity contribution in [3.63, 3.8) is 0 Å². The molecule has 1 aromatic heterocycles. The van der Waals surface area contributed by atoms with Crippen LogP contribution in [0.25, 0.3) is 6.08 Å². The van der Waals surface area contributed by atoms with E-state index in [4.69, 9.17) is 5.73 Å². The molecule has 6 nitrogen and oxygen atoms in total. The minimum Gasteiger partial charge on any atom is -0.369 e. The van der Waals surface area contributed by atoms with Crippen molar-refractivity contribution in [3.8, 4) is 0 Å². The van der Waals surface area contributed by atoms with Crippen LogP contribution in [0.3, 0.4) is 0 Å². The number of hydrogen-bond donors (Lipinski definition) is 4. The van der Waals surface area contributed by atoms with Gasteiger partial charge in [-0.05, 0) is 32.0 Å². The number of piperidine rings is 1. The number of nitrogens with two attached hydrogens (primary N) is 1. The van der Waals surface area contributed by atoms with Crippen LogP contribution in [0, 0.1) is 5.92 Å². The number of H-pyrrole nitrogens is 1. The Bertz CT molecular complexity index is 420. The number of aromatic amines is 1. The maximum atomic E-state index is 11.8. The first-order valence-corrected chi connectivity index (χ1v) is 6.21. The van der Waals surface area contributed by atoms with Gasteiger partial charge in [-0.1, -0.05) is 6.08 Å². The summed E-state index contributed by atoms with van der Waals surface area (Å²) in [5.41, 5.74) is 6.29. The number of aromatic nitrogens is 2. The molecule has 1 saturated heterocycles. The molecule has 1 aromatic rings. The Kier molecular flexibility index (Phi) is 4.35. The molecule has 1 aliphatic rings. The number of nitrogens with zero attached hydrogens (tertiary/aromatic N) is 1. The number of anilines is 1. The fourth-order valence-electron chi connectivity index (χ4n) is 2.01. The van der Waals surface area contributed by atoms with Crippen molar-refractivity contribution >= 4 is 17.9 Å². The van der Waals surface area contributed by atoms with Gasteiger partial charge in [-0.3, -0.25) is 4.79 Å². The molecule has 18 heavy (non-hydrogen) atoms. The quantitative estimate of drug-likeness (QED) is 0.609. The van der Waals surface area contributed by atoms with Crippen molar-refractivity contribution in [2.75, 3.05) is 25.4 Å². The molecule has 0 aromatic carbocycles. The summed E-state index contributed by atoms with van der Waals surface area (Å²) >= 11 is 0. The lowest BCUT2D eigenvalue weighted by molar-refractivity contribution is -0.125. The molecule has 0 atom stereocenters. The van der Waals surface area contributed by atoms with Crippen LogP contribution in [-0.2, 0) is 4.79 Å². The van der Waals surface area contributed by atoms with Gasteiger partial charge in [0.2, 0.25) is 5.91 Å². The number of imidazole rings is 1. The van der Waals surface area contributed by atoms with Crippen molar-refractivity contribution in [1.82, 2.24) is 20.6 Å². The Hall–Kier alpha value is -1.82. The van der Waals surface area contributed by atoms with E-state index in [1.54, 1.807) is 6.20 Å². The number of hydrogen-bond acceptors (Lipinski definition) is 4. The van der Waals surface area contributed by atoms with Gasteiger partial charge in [0.15, 0.2) is 5.95 Å². The molecule has 2 rings (SSSR count). The van der Waals surface area contributed by atoms with Gasteiger partial charge in [-0.15, -0.1) is 0 Å². The zero-order valence-electron chi connectivity index (χ0n) is 10.3. The van der Waals surface area contributed by atoms with Gasteiger partial charge in [0, 0.05) is 12.5 Å². The lowest BCUT2D eigenvalue weighted by Crippen LogP contribution is -2.38. The smallest absolute Gasteiger partial charge is 0.223 e. The van der Waals surface area contributed by atoms with E-state index in [2.05, 4.69) is 20.6 Å². The number of amides is 1. The molecule has 0 radical (unpaired) electrons. The first kappa shape index (κ1) is 12.6. The van der Waals surface area contributed by atoms with Gasteiger partial charge in [0.05, 0.1) is 11.9 Å². The molecule has 0 aliphatic carbocycles. The van der Waals surface area contributed by atoms with Gasteiger partial charge < -0.3 is 21.4 Å². The van der Waals surface area contributed by atoms with Crippen molar-refractivity contribution < 1.29 is 4.79 Å². The highest BCUT2D eigenvalue weighted by Crippen LogP contribution is 2.11. The molecular weight excluding hydrogens is 230 g/mol. The van der Waals surface area contributed by atoms with E-state index in [1.807, 2.05) is 12.2 Å². The van der Waals surface area contributed by atoms with Gasteiger partial charge in [0.25, 0.3) is 0 Å². The first-order valence-electron chi connectivity index (χ1n) is 6.21. The normalized spacial score (nSPS) is 17.1. The molecule has 5 N–H and O–H groups in total. The SMILES string of the molecule is Nc1ncc(/C=C/CNC(=O)C2CCNCC2)[nH]1. The van der Waals surface area contributed by atoms with E-state index >= 15 is 0 Å². The van der Waals surface area contributed by atoms with Crippen molar-refractivity contribution in [3.05, 3.63) is 18.0 Å². The van der Waals surface area contributed by atoms with Crippen LogP contribution >= 0.6 is 0 Å². The first-order chi connectivity index (χ1) is 8.75. The van der Waals surface area contributed by atoms with Crippen LogP contribution in [0.2, 0.25) is 0 Å². The summed E-state index contributed by atoms with van der Waals surface area (Å²) in [5.74, 6) is 0.695. The third kappa shape index (κ3) is 3.59. The monoisotopic (exact) mass is 249 g/mol. The Morgan fingerprint density at radius 2 is 2.33 bits per heavy atom. The number of nitrogen functional groups attached to an aromatic ring is 1. The molecule has 98 valence electrons. The highest BCUT2D eigenvalue weighted by molar-refractivity contribution is 5.79. The van der Waals surface area contributed by atoms with Crippen LogP contribution in [0.1, 0.15) is 18.5 Å². The number of nitrogens with one attached hydrogen (secondary N) is 3. The second-order valence-electron chi connectivity index (χ2n) is 4.40. The van der Waals surface area contributed by atoms with Gasteiger partial charge in [-0.25, -0.2) is 4.98 Å². The van der Waals surface area contributed by atoms with Crippen LogP contribution < -0.4 is 16.4 Å². The highest BCUT2D eigenvalue weighted by Gasteiger charge is 2.19. The van der Waals surface area contributed by atoms with Crippen LogP contribution in [0.15, 0.2) is 12.3 Å². The zero-order chi connectivity index (χ0) is 12.8. The third-order valence-electron chi connectivity index (χ3n) is 3.02. The minimum atomic E-state index is 0.144. The van der Waals surface area contributed by atoms with E-state index in [9.17, 15) is 4.79 Å². The van der Waals surface area contributed by atoms with Crippen LogP contribution in [0.4, 0.5) is 5.95 Å². The summed E-state index contributed by atoms with van der Waals surface area (Å²) in [6.07, 6.45) is 7.23. The predicted octanol–water partition coefficient (Wildman–Crippen LogP) is 0.121. The maximum absolute atomic E-state index is 11.8. The molecule has 2 heterocycles. The Morgan fingerprint density at radius 1 is 1.56 bits per heavy atom. The summed E-state index contributed by atoms with van der Waals surface area (Å²) in [7, 11) is 0. The molecule has 0 bridgehead atoms. The number of rotatable bonds is 4. The Labute approximate surface area is 106 Å². The molecule has 1 aliphatic heterocycles. The van der Waals surface area contributed by atoms with Gasteiger partial charge in [0.1, 0.15) is 0 Å². The highest BCUT2D eigenvalue weighted by atomic mass is 16.1. The van der Waals surface area contributed by atoms with E-state index in [0.717, 1.165) is 31.6 Å². The van der Waals surface area contributed by atoms with Crippen molar-refractivity contribution in [1.29, 1.82) is 0 Å². The van der Waals surface area contributed by atoms with Crippen LogP contribution in [-0.4, -0.2) is 35.5 Å². The van der Waals surface area contributed by atoms with E-state index in [0.29, 0.717) is 12.5 Å². The van der Waals surface area contributed by atoms with Gasteiger partial charge in [-0.2, -0.15) is 0 Å². The Balaban J connectivity index is 1.71. The van der Waals surface area contributed by atoms with Crippen LogP contribution in [0.5, 0.6) is 0 Å². The summed E-state index contributed by atoms with van der Waals surface area (Å²) < 4.78 is 0. The van der Waals surface area contributed by atoms with Crippen molar-refractivity contribution in [2.24, 2.45) is 5.92 Å². The number of carbonyl (C=O) groups is 1. The topological polar surface area (TPSA) is 95.8 Å². The lowest BCUT2D eigenvalue weighted by Gasteiger charge is -2.21. The van der Waals surface area contributed by atoms with E-state index in [-0.39, 0.29) is 11.8 Å². The van der Waals surface area contributed by atoms with Gasteiger partial charge >= 0.3 is 0 Å². The van der Waals surface area contributed by atoms with E-state index in [1.165, 1.54) is 0 Å². The Morgan fingerprint density at radius 3 is 3.00 bits per heavy atom. The summed E-state index contributed by atoms with van der Waals surface area (Å²) in [6.45, 7) is 2.39. The minimum absolute atomic E-state index is 0.144.